The van der Waals surface area contributed by atoms with Crippen molar-refractivity contribution in [2.24, 2.45) is 0 Å². The fraction of sp³-hybridized carbons (Fsp3) is 0.143. The van der Waals surface area contributed by atoms with Gasteiger partial charge in [-0.25, -0.2) is 0 Å². The highest BCUT2D eigenvalue weighted by molar-refractivity contribution is 7.11. The van der Waals surface area contributed by atoms with E-state index in [1.807, 2.05) is 0 Å². The lowest BCUT2D eigenvalue weighted by molar-refractivity contribution is 0.552. The Hall–Kier alpha value is -3.89. The van der Waals surface area contributed by atoms with E-state index in [9.17, 15) is 0 Å². The second-order valence-electron chi connectivity index (χ2n) is 13.8. The molecule has 0 atom stereocenters. The number of rotatable bonds is 13. The van der Waals surface area contributed by atoms with Gasteiger partial charge in [-0.15, -0.1) is 0 Å². The fourth-order valence-electron chi connectivity index (χ4n) is 6.92. The first kappa shape index (κ1) is 34.0. The predicted octanol–water partition coefficient (Wildman–Crippen LogP) is 6.76. The Bertz CT molecular complexity index is 1520. The van der Waals surface area contributed by atoms with Gasteiger partial charge in [0.1, 0.15) is 0 Å². The van der Waals surface area contributed by atoms with Gasteiger partial charge in [0.05, 0.1) is 0 Å². The van der Waals surface area contributed by atoms with E-state index in [1.54, 1.807) is 0 Å². The van der Waals surface area contributed by atoms with E-state index in [-0.39, 0.29) is 0 Å². The minimum Gasteiger partial charge on any atom is -0.446 e. The molecule has 0 spiro atoms. The van der Waals surface area contributed by atoms with Crippen LogP contribution in [-0.4, -0.2) is 33.3 Å². The smallest absolute Gasteiger partial charge is 0.278 e. The highest BCUT2D eigenvalue weighted by Gasteiger charge is 2.49. The first-order chi connectivity index (χ1) is 23.3. The Kier molecular flexibility index (Phi) is 10.4. The molecule has 0 aromatic heterocycles. The van der Waals surface area contributed by atoms with Crippen LogP contribution < -0.4 is 31.1 Å². The Morgan fingerprint density at radius 1 is 0.292 bits per heavy atom. The third-order valence-corrected chi connectivity index (χ3v) is 26.4. The zero-order valence-corrected chi connectivity index (χ0v) is 32.6. The highest BCUT2D eigenvalue weighted by Crippen LogP contribution is 2.28. The topological polar surface area (TPSA) is 18.5 Å². The summed E-state index contributed by atoms with van der Waals surface area (Å²) in [6, 6.07) is 67.9. The van der Waals surface area contributed by atoms with Crippen LogP contribution in [0.3, 0.4) is 0 Å². The van der Waals surface area contributed by atoms with Crippen molar-refractivity contribution in [1.29, 1.82) is 0 Å². The Morgan fingerprint density at radius 3 is 0.625 bits per heavy atom. The molecule has 0 N–H and O–H groups in total. The molecule has 0 saturated carbocycles. The van der Waals surface area contributed by atoms with Crippen molar-refractivity contribution in [3.05, 3.63) is 182 Å². The van der Waals surface area contributed by atoms with Gasteiger partial charge >= 0.3 is 0 Å². The van der Waals surface area contributed by atoms with Crippen LogP contribution in [0.4, 0.5) is 0 Å². The van der Waals surface area contributed by atoms with Crippen molar-refractivity contribution >= 4 is 64.4 Å². The average Bonchev–Trinajstić information content (AvgIpc) is 3.14. The van der Waals surface area contributed by atoms with Crippen LogP contribution in [0.2, 0.25) is 38.3 Å². The summed E-state index contributed by atoms with van der Waals surface area (Å²) in [6.07, 6.45) is 0. The lowest BCUT2D eigenvalue weighted by Crippen LogP contribution is -2.73. The SMILES string of the molecule is C[Si](C)(CC[Si](C)(C)O[Si](c1ccccc1)(c1ccccc1)c1ccccc1)O[Si](c1ccccc1)(c1ccccc1)c1ccccc1. The normalized spacial score (nSPS) is 12.5. The number of hydrogen-bond donors (Lipinski definition) is 0. The van der Waals surface area contributed by atoms with Crippen LogP contribution in [0, 0.1) is 0 Å². The predicted molar refractivity (Wildman–Crippen MR) is 215 cm³/mol. The van der Waals surface area contributed by atoms with Crippen LogP contribution in [-0.2, 0) is 8.23 Å². The zero-order valence-electron chi connectivity index (χ0n) is 28.6. The van der Waals surface area contributed by atoms with Gasteiger partial charge in [0.25, 0.3) is 16.6 Å². The maximum Gasteiger partial charge on any atom is 0.278 e. The van der Waals surface area contributed by atoms with E-state index in [4.69, 9.17) is 8.23 Å². The van der Waals surface area contributed by atoms with Crippen LogP contribution >= 0.6 is 0 Å². The summed E-state index contributed by atoms with van der Waals surface area (Å²) in [5.74, 6) is 0. The summed E-state index contributed by atoms with van der Waals surface area (Å²) in [7, 11) is -10.2. The summed E-state index contributed by atoms with van der Waals surface area (Å²) >= 11 is 0. The number of benzene rings is 6. The summed E-state index contributed by atoms with van der Waals surface area (Å²) in [6.45, 7) is 9.68. The molecule has 0 aliphatic rings. The highest BCUT2D eigenvalue weighted by atomic mass is 28.4. The fourth-order valence-corrected chi connectivity index (χ4v) is 28.0. The van der Waals surface area contributed by atoms with Gasteiger partial charge < -0.3 is 8.23 Å². The molecule has 0 unspecified atom stereocenters. The maximum atomic E-state index is 7.82. The van der Waals surface area contributed by atoms with E-state index in [0.29, 0.717) is 0 Å². The quantitative estimate of drug-likeness (QED) is 0.0983. The molecule has 0 saturated heterocycles. The summed E-state index contributed by atoms with van der Waals surface area (Å²) < 4.78 is 15.6. The standard InChI is InChI=1S/C42H46O2Si4/c1-45(2,43-47(37-23-11-5-12-24-37,38-25-13-6-14-26-38)39-27-15-7-16-28-39)35-36-46(3,4)44-48(40-29-17-8-18-30-40,41-31-19-9-20-32-41)42-33-21-10-22-34-42/h5-34H,35-36H2,1-4H3. The second-order valence-corrected chi connectivity index (χ2v) is 29.6. The largest absolute Gasteiger partial charge is 0.446 e. The van der Waals surface area contributed by atoms with Crippen molar-refractivity contribution in [2.75, 3.05) is 0 Å². The van der Waals surface area contributed by atoms with Gasteiger partial charge in [-0.1, -0.05) is 182 Å². The molecule has 0 amide bonds. The molecule has 0 fully saturated rings. The van der Waals surface area contributed by atoms with Gasteiger partial charge in [0.15, 0.2) is 16.6 Å². The van der Waals surface area contributed by atoms with Crippen LogP contribution in [0.5, 0.6) is 0 Å². The molecule has 0 radical (unpaired) electrons. The van der Waals surface area contributed by atoms with Crippen LogP contribution in [0.25, 0.3) is 0 Å². The lowest BCUT2D eigenvalue weighted by Gasteiger charge is -2.43. The molecule has 242 valence electrons. The lowest BCUT2D eigenvalue weighted by atomic mass is 10.3. The van der Waals surface area contributed by atoms with E-state index >= 15 is 0 Å². The first-order valence-electron chi connectivity index (χ1n) is 17.0. The minimum atomic E-state index is -2.82. The number of hydrogen-bond acceptors (Lipinski definition) is 2. The summed E-state index contributed by atoms with van der Waals surface area (Å²) in [4.78, 5) is 0. The van der Waals surface area contributed by atoms with E-state index in [2.05, 4.69) is 208 Å². The second kappa shape index (κ2) is 14.7. The molecule has 2 nitrogen and oxygen atoms in total. The first-order valence-corrected chi connectivity index (χ1v) is 27.0. The van der Waals surface area contributed by atoms with Gasteiger partial charge in [-0.2, -0.15) is 0 Å². The van der Waals surface area contributed by atoms with Crippen molar-refractivity contribution in [3.63, 3.8) is 0 Å². The van der Waals surface area contributed by atoms with Crippen molar-refractivity contribution in [3.8, 4) is 0 Å². The molecule has 0 heterocycles. The van der Waals surface area contributed by atoms with E-state index < -0.39 is 33.3 Å². The zero-order chi connectivity index (χ0) is 33.5. The molecule has 6 heteroatoms. The van der Waals surface area contributed by atoms with Gasteiger partial charge in [-0.05, 0) is 69.4 Å². The Morgan fingerprint density at radius 2 is 0.458 bits per heavy atom. The molecular formula is C42H46O2Si4. The maximum absolute atomic E-state index is 7.82. The van der Waals surface area contributed by atoms with Gasteiger partial charge in [-0.3, -0.25) is 0 Å². The van der Waals surface area contributed by atoms with Crippen LogP contribution in [0.15, 0.2) is 182 Å². The van der Waals surface area contributed by atoms with Crippen molar-refractivity contribution in [1.82, 2.24) is 0 Å². The molecule has 6 aromatic rings. The summed E-state index contributed by atoms with van der Waals surface area (Å²) in [5.41, 5.74) is 0. The van der Waals surface area contributed by atoms with Gasteiger partial charge in [0.2, 0.25) is 0 Å². The Balaban J connectivity index is 1.38. The van der Waals surface area contributed by atoms with E-state index in [1.165, 1.54) is 31.1 Å². The molecule has 0 aliphatic carbocycles. The van der Waals surface area contributed by atoms with Crippen molar-refractivity contribution in [2.45, 2.75) is 38.3 Å². The van der Waals surface area contributed by atoms with E-state index in [0.717, 1.165) is 12.1 Å². The molecule has 0 aliphatic heterocycles. The monoisotopic (exact) mass is 694 g/mol. The third-order valence-electron chi connectivity index (χ3n) is 9.27. The van der Waals surface area contributed by atoms with Crippen molar-refractivity contribution < 1.29 is 8.23 Å². The van der Waals surface area contributed by atoms with Crippen LogP contribution in [0.1, 0.15) is 0 Å². The minimum absolute atomic E-state index is 1.02. The molecule has 6 rings (SSSR count). The Labute approximate surface area is 291 Å². The molecule has 0 bridgehead atoms. The third kappa shape index (κ3) is 7.24. The molecule has 6 aromatic carbocycles. The summed E-state index contributed by atoms with van der Waals surface area (Å²) in [5, 5.41) is 7.75. The van der Waals surface area contributed by atoms with Gasteiger partial charge in [0, 0.05) is 0 Å². The molecule has 48 heavy (non-hydrogen) atoms. The molecular weight excluding hydrogens is 649 g/mol. The average molecular weight is 695 g/mol.